The average molecular weight is 405 g/mol. The summed E-state index contributed by atoms with van der Waals surface area (Å²) in [6.07, 6.45) is 0. The van der Waals surface area contributed by atoms with E-state index in [2.05, 4.69) is 15.5 Å². The molecule has 10 heteroatoms. The number of halogens is 1. The third-order valence-electron chi connectivity index (χ3n) is 4.12. The summed E-state index contributed by atoms with van der Waals surface area (Å²) in [6, 6.07) is 10.7. The lowest BCUT2D eigenvalue weighted by atomic mass is 10.2. The molecule has 0 aromatic heterocycles. The number of non-ortho nitro benzene ring substituents is 1. The summed E-state index contributed by atoms with van der Waals surface area (Å²) < 4.78 is 5.33. The summed E-state index contributed by atoms with van der Waals surface area (Å²) in [4.78, 5) is 36.9. The van der Waals surface area contributed by atoms with E-state index >= 15 is 0 Å². The van der Waals surface area contributed by atoms with Crippen molar-refractivity contribution in [1.82, 2.24) is 0 Å². The van der Waals surface area contributed by atoms with Crippen molar-refractivity contribution in [2.45, 2.75) is 0 Å². The van der Waals surface area contributed by atoms with Gasteiger partial charge in [0, 0.05) is 25.2 Å². The van der Waals surface area contributed by atoms with Crippen LogP contribution in [0, 0.1) is 10.1 Å². The Kier molecular flexibility index (Phi) is 6.07. The second kappa shape index (κ2) is 8.68. The zero-order valence-electron chi connectivity index (χ0n) is 14.7. The van der Waals surface area contributed by atoms with Gasteiger partial charge in [-0.1, -0.05) is 23.7 Å². The number of para-hydroxylation sites is 2. The number of nitro groups is 1. The average Bonchev–Trinajstić information content (AvgIpc) is 2.70. The van der Waals surface area contributed by atoms with Crippen molar-refractivity contribution in [3.05, 3.63) is 57.6 Å². The highest BCUT2D eigenvalue weighted by Crippen LogP contribution is 2.28. The van der Waals surface area contributed by atoms with Gasteiger partial charge in [-0.15, -0.1) is 0 Å². The Morgan fingerprint density at radius 2 is 1.68 bits per heavy atom. The molecule has 3 rings (SSSR count). The molecule has 0 atom stereocenters. The van der Waals surface area contributed by atoms with Crippen LogP contribution < -0.4 is 15.5 Å². The molecule has 28 heavy (non-hydrogen) atoms. The fourth-order valence-corrected chi connectivity index (χ4v) is 2.90. The van der Waals surface area contributed by atoms with E-state index in [1.165, 1.54) is 12.1 Å². The van der Waals surface area contributed by atoms with Crippen molar-refractivity contribution in [3.63, 3.8) is 0 Å². The highest BCUT2D eigenvalue weighted by atomic mass is 35.5. The van der Waals surface area contributed by atoms with E-state index in [-0.39, 0.29) is 16.4 Å². The highest BCUT2D eigenvalue weighted by Gasteiger charge is 2.20. The predicted octanol–water partition coefficient (Wildman–Crippen LogP) is 2.66. The Bertz CT molecular complexity index is 915. The van der Waals surface area contributed by atoms with Crippen LogP contribution in [0.5, 0.6) is 0 Å². The van der Waals surface area contributed by atoms with E-state index in [0.717, 1.165) is 11.8 Å². The standard InChI is InChI=1S/C18H17ClN4O5/c19-13-6-5-12(23(26)27)11-15(13)21-18(25)17(24)20-14-3-1-2-4-16(14)22-7-9-28-10-8-22/h1-6,11H,7-10H2,(H,20,24)(H,21,25). The first kappa shape index (κ1) is 19.6. The summed E-state index contributed by atoms with van der Waals surface area (Å²) >= 11 is 5.95. The van der Waals surface area contributed by atoms with Gasteiger partial charge in [-0.05, 0) is 18.2 Å². The van der Waals surface area contributed by atoms with Gasteiger partial charge in [-0.2, -0.15) is 0 Å². The molecule has 2 aromatic carbocycles. The number of carbonyl (C=O) groups is 2. The first-order valence-electron chi connectivity index (χ1n) is 8.43. The Labute approximate surface area is 165 Å². The summed E-state index contributed by atoms with van der Waals surface area (Å²) in [5.74, 6) is -1.90. The molecule has 2 N–H and O–H groups in total. The third kappa shape index (κ3) is 4.56. The molecule has 0 unspecified atom stereocenters. The molecule has 0 aliphatic carbocycles. The number of nitrogens with zero attached hydrogens (tertiary/aromatic N) is 2. The van der Waals surface area contributed by atoms with Gasteiger partial charge in [0.1, 0.15) is 0 Å². The maximum Gasteiger partial charge on any atom is 0.314 e. The van der Waals surface area contributed by atoms with Crippen LogP contribution in [0.25, 0.3) is 0 Å². The Hall–Kier alpha value is -3.17. The lowest BCUT2D eigenvalue weighted by molar-refractivity contribution is -0.384. The number of nitrogens with one attached hydrogen (secondary N) is 2. The molecule has 1 aliphatic rings. The van der Waals surface area contributed by atoms with Crippen molar-refractivity contribution >= 4 is 46.2 Å². The van der Waals surface area contributed by atoms with Gasteiger partial charge in [0.05, 0.1) is 40.2 Å². The van der Waals surface area contributed by atoms with Gasteiger partial charge in [0.2, 0.25) is 0 Å². The second-order valence-corrected chi connectivity index (χ2v) is 6.35. The van der Waals surface area contributed by atoms with Crippen LogP contribution in [0.3, 0.4) is 0 Å². The summed E-state index contributed by atoms with van der Waals surface area (Å²) in [5, 5.41) is 15.8. The van der Waals surface area contributed by atoms with E-state index < -0.39 is 16.7 Å². The summed E-state index contributed by atoms with van der Waals surface area (Å²) in [5.41, 5.74) is 0.991. The predicted molar refractivity (Wildman–Crippen MR) is 105 cm³/mol. The number of hydrogen-bond acceptors (Lipinski definition) is 6. The van der Waals surface area contributed by atoms with E-state index in [9.17, 15) is 19.7 Å². The number of rotatable bonds is 4. The first-order chi connectivity index (χ1) is 13.5. The van der Waals surface area contributed by atoms with Gasteiger partial charge < -0.3 is 20.3 Å². The SMILES string of the molecule is O=C(Nc1cc([N+](=O)[O-])ccc1Cl)C(=O)Nc1ccccc1N1CCOCC1. The molecular formula is C18H17ClN4O5. The fraction of sp³-hybridized carbons (Fsp3) is 0.222. The van der Waals surface area contributed by atoms with Crippen LogP contribution >= 0.6 is 11.6 Å². The second-order valence-electron chi connectivity index (χ2n) is 5.95. The summed E-state index contributed by atoms with van der Waals surface area (Å²) in [7, 11) is 0. The maximum atomic E-state index is 12.3. The van der Waals surface area contributed by atoms with E-state index in [4.69, 9.17) is 16.3 Å². The van der Waals surface area contributed by atoms with Crippen molar-refractivity contribution in [1.29, 1.82) is 0 Å². The van der Waals surface area contributed by atoms with Crippen LogP contribution in [0.15, 0.2) is 42.5 Å². The fourth-order valence-electron chi connectivity index (χ4n) is 2.74. The van der Waals surface area contributed by atoms with Crippen LogP contribution in [-0.4, -0.2) is 43.0 Å². The quantitative estimate of drug-likeness (QED) is 0.460. The van der Waals surface area contributed by atoms with Gasteiger partial charge in [0.15, 0.2) is 0 Å². The molecule has 0 saturated carbocycles. The molecule has 0 bridgehead atoms. The maximum absolute atomic E-state index is 12.3. The number of benzene rings is 2. The smallest absolute Gasteiger partial charge is 0.314 e. The molecule has 9 nitrogen and oxygen atoms in total. The number of anilines is 3. The number of nitro benzene ring substituents is 1. The van der Waals surface area contributed by atoms with E-state index in [1.807, 2.05) is 12.1 Å². The number of morpholine rings is 1. The number of amides is 2. The van der Waals surface area contributed by atoms with Crippen LogP contribution in [0.4, 0.5) is 22.7 Å². The van der Waals surface area contributed by atoms with Gasteiger partial charge in [-0.3, -0.25) is 19.7 Å². The topological polar surface area (TPSA) is 114 Å². The Morgan fingerprint density at radius 1 is 1.04 bits per heavy atom. The van der Waals surface area contributed by atoms with E-state index in [1.54, 1.807) is 12.1 Å². The van der Waals surface area contributed by atoms with Gasteiger partial charge in [0.25, 0.3) is 5.69 Å². The molecule has 1 saturated heterocycles. The first-order valence-corrected chi connectivity index (χ1v) is 8.81. The molecule has 0 spiro atoms. The van der Waals surface area contributed by atoms with Crippen molar-refractivity contribution < 1.29 is 19.2 Å². The molecule has 2 amide bonds. The molecule has 146 valence electrons. The zero-order valence-corrected chi connectivity index (χ0v) is 15.4. The lowest BCUT2D eigenvalue weighted by Gasteiger charge is -2.30. The largest absolute Gasteiger partial charge is 0.378 e. The molecule has 0 radical (unpaired) electrons. The van der Waals surface area contributed by atoms with E-state index in [0.29, 0.717) is 32.0 Å². The molecule has 1 heterocycles. The number of carbonyl (C=O) groups excluding carboxylic acids is 2. The third-order valence-corrected chi connectivity index (χ3v) is 4.45. The van der Waals surface area contributed by atoms with Gasteiger partial charge >= 0.3 is 11.8 Å². The Balaban J connectivity index is 1.73. The van der Waals surface area contributed by atoms with Crippen molar-refractivity contribution in [2.75, 3.05) is 41.8 Å². The van der Waals surface area contributed by atoms with Gasteiger partial charge in [-0.25, -0.2) is 0 Å². The van der Waals surface area contributed by atoms with Crippen LogP contribution in [-0.2, 0) is 14.3 Å². The highest BCUT2D eigenvalue weighted by molar-refractivity contribution is 6.45. The minimum Gasteiger partial charge on any atom is -0.378 e. The lowest BCUT2D eigenvalue weighted by Crippen LogP contribution is -2.37. The van der Waals surface area contributed by atoms with Crippen LogP contribution in [0.2, 0.25) is 5.02 Å². The normalized spacial score (nSPS) is 13.7. The van der Waals surface area contributed by atoms with Crippen molar-refractivity contribution in [2.24, 2.45) is 0 Å². The molecule has 2 aromatic rings. The Morgan fingerprint density at radius 3 is 2.36 bits per heavy atom. The van der Waals surface area contributed by atoms with Crippen LogP contribution in [0.1, 0.15) is 0 Å². The molecule has 1 fully saturated rings. The monoisotopic (exact) mass is 404 g/mol. The molecule has 1 aliphatic heterocycles. The zero-order chi connectivity index (χ0) is 20.1. The molecular weight excluding hydrogens is 388 g/mol. The number of ether oxygens (including phenoxy) is 1. The minimum absolute atomic E-state index is 0.0162. The number of hydrogen-bond donors (Lipinski definition) is 2. The summed E-state index contributed by atoms with van der Waals surface area (Å²) in [6.45, 7) is 2.49. The van der Waals surface area contributed by atoms with Crippen molar-refractivity contribution in [3.8, 4) is 0 Å². The minimum atomic E-state index is -0.987.